The Morgan fingerprint density at radius 2 is 1.85 bits per heavy atom. The fourth-order valence-corrected chi connectivity index (χ4v) is 6.83. The molecular weight excluding hydrogens is 661 g/mol. The summed E-state index contributed by atoms with van der Waals surface area (Å²) in [7, 11) is 1.40. The number of hydrogen-bond acceptors (Lipinski definition) is 12. The number of likely N-dealkylation sites (N-methyl/N-ethyl adjacent to an activating group) is 1. The largest absolute Gasteiger partial charge is 0.490 e. The lowest BCUT2D eigenvalue weighted by molar-refractivity contribution is 0.399. The Balaban J connectivity index is 1.66. The molecule has 12 nitrogen and oxygen atoms in total. The zero-order valence-electron chi connectivity index (χ0n) is 27.5. The smallest absolute Gasteiger partial charge is 0.204 e. The predicted molar refractivity (Wildman–Crippen MR) is 182 cm³/mol. The maximum absolute atomic E-state index is 15.5. The number of benzene rings is 2. The minimum atomic E-state index is -4.15. The molecule has 0 aliphatic rings. The van der Waals surface area contributed by atoms with Crippen molar-refractivity contribution in [1.82, 2.24) is 30.4 Å². The maximum Gasteiger partial charge on any atom is 0.204 e. The molecule has 2 heterocycles. The van der Waals surface area contributed by atoms with Crippen LogP contribution in [0.5, 0.6) is 5.75 Å². The second kappa shape index (κ2) is 16.7. The number of nitrogens with zero attached hydrogens (tertiary/aromatic N) is 6. The van der Waals surface area contributed by atoms with E-state index >= 15 is 4.39 Å². The molecule has 256 valence electrons. The van der Waals surface area contributed by atoms with Crippen molar-refractivity contribution in [3.05, 3.63) is 70.9 Å². The molecule has 0 aliphatic heterocycles. The van der Waals surface area contributed by atoms with E-state index in [4.69, 9.17) is 15.0 Å². The van der Waals surface area contributed by atoms with Crippen molar-refractivity contribution in [2.24, 2.45) is 0 Å². The van der Waals surface area contributed by atoms with Gasteiger partial charge in [-0.05, 0) is 63.5 Å². The minimum absolute atomic E-state index is 0.0803. The van der Waals surface area contributed by atoms with Crippen molar-refractivity contribution < 1.29 is 21.9 Å². The lowest BCUT2D eigenvalue weighted by Crippen LogP contribution is -2.36. The van der Waals surface area contributed by atoms with E-state index in [0.29, 0.717) is 42.8 Å². The SMILES string of the molecule is CCCN(CCNCCN(C)C)c1nc(Sc2ccc(S(=O)(=O)Cc3cccc(C#N)c3F)cc2F)nc(Nc2cc(C)[nH]n2)c1OC. The van der Waals surface area contributed by atoms with Gasteiger partial charge in [0.1, 0.15) is 17.7 Å². The number of methoxy groups -OCH3 is 1. The van der Waals surface area contributed by atoms with E-state index in [0.717, 1.165) is 43.0 Å². The number of nitriles is 1. The molecule has 0 radical (unpaired) electrons. The van der Waals surface area contributed by atoms with Gasteiger partial charge in [0.05, 0.1) is 28.2 Å². The van der Waals surface area contributed by atoms with Gasteiger partial charge in [0.2, 0.25) is 5.75 Å². The average molecular weight is 700 g/mol. The lowest BCUT2D eigenvalue weighted by Gasteiger charge is -2.26. The maximum atomic E-state index is 15.5. The normalized spacial score (nSPS) is 11.5. The van der Waals surface area contributed by atoms with Gasteiger partial charge in [0.15, 0.2) is 32.4 Å². The molecular formula is C32H39F2N9O3S2. The first-order chi connectivity index (χ1) is 22.9. The molecule has 0 fully saturated rings. The minimum Gasteiger partial charge on any atom is -0.490 e. The summed E-state index contributed by atoms with van der Waals surface area (Å²) in [6.07, 6.45) is 0.823. The molecule has 0 amide bonds. The van der Waals surface area contributed by atoms with Gasteiger partial charge in [-0.25, -0.2) is 27.2 Å². The van der Waals surface area contributed by atoms with Gasteiger partial charge in [0.25, 0.3) is 0 Å². The summed E-state index contributed by atoms with van der Waals surface area (Å²) in [4.78, 5) is 13.3. The van der Waals surface area contributed by atoms with Crippen LogP contribution < -0.4 is 20.3 Å². The number of anilines is 3. The van der Waals surface area contributed by atoms with Crippen molar-refractivity contribution >= 4 is 39.1 Å². The lowest BCUT2D eigenvalue weighted by atomic mass is 10.1. The van der Waals surface area contributed by atoms with E-state index in [1.54, 1.807) is 12.1 Å². The van der Waals surface area contributed by atoms with Crippen LogP contribution in [0.3, 0.4) is 0 Å². The third-order valence-electron chi connectivity index (χ3n) is 7.08. The highest BCUT2D eigenvalue weighted by atomic mass is 32.2. The highest BCUT2D eigenvalue weighted by Crippen LogP contribution is 2.39. The Kier molecular flexibility index (Phi) is 12.7. The molecule has 0 bridgehead atoms. The molecule has 4 rings (SSSR count). The van der Waals surface area contributed by atoms with Gasteiger partial charge in [-0.15, -0.1) is 0 Å². The molecule has 0 saturated heterocycles. The number of aromatic amines is 1. The average Bonchev–Trinajstić information content (AvgIpc) is 3.46. The highest BCUT2D eigenvalue weighted by Gasteiger charge is 2.24. The number of halogens is 2. The molecule has 4 aromatic rings. The molecule has 0 aliphatic carbocycles. The van der Waals surface area contributed by atoms with E-state index in [1.165, 1.54) is 37.4 Å². The van der Waals surface area contributed by atoms with Crippen LogP contribution in [0.15, 0.2) is 57.4 Å². The van der Waals surface area contributed by atoms with E-state index < -0.39 is 27.2 Å². The number of nitrogens with one attached hydrogen (secondary N) is 3. The van der Waals surface area contributed by atoms with Crippen LogP contribution in [0.2, 0.25) is 0 Å². The third-order valence-corrected chi connectivity index (χ3v) is 9.66. The molecule has 16 heteroatoms. The van der Waals surface area contributed by atoms with Gasteiger partial charge in [-0.3, -0.25) is 5.10 Å². The Labute approximate surface area is 283 Å². The summed E-state index contributed by atoms with van der Waals surface area (Å²) in [6.45, 7) is 7.57. The number of rotatable bonds is 17. The van der Waals surface area contributed by atoms with Crippen molar-refractivity contribution in [1.29, 1.82) is 5.26 Å². The summed E-state index contributed by atoms with van der Waals surface area (Å²) >= 11 is 0.919. The first kappa shape index (κ1) is 36.5. The van der Waals surface area contributed by atoms with Crippen LogP contribution in [-0.4, -0.2) is 87.4 Å². The molecule has 0 spiro atoms. The van der Waals surface area contributed by atoms with Gasteiger partial charge < -0.3 is 25.2 Å². The first-order valence-electron chi connectivity index (χ1n) is 15.2. The highest BCUT2D eigenvalue weighted by molar-refractivity contribution is 7.99. The molecule has 0 saturated carbocycles. The second-order valence-electron chi connectivity index (χ2n) is 11.2. The van der Waals surface area contributed by atoms with Crippen molar-refractivity contribution in [3.63, 3.8) is 0 Å². The van der Waals surface area contributed by atoms with Gasteiger partial charge in [0, 0.05) is 50.0 Å². The molecule has 48 heavy (non-hydrogen) atoms. The molecule has 3 N–H and O–H groups in total. The Hall–Kier alpha value is -4.30. The summed E-state index contributed by atoms with van der Waals surface area (Å²) in [5.74, 6) is -0.764. The topological polar surface area (TPSA) is 152 Å². The summed E-state index contributed by atoms with van der Waals surface area (Å²) in [5, 5.41) is 23.0. The molecule has 2 aromatic carbocycles. The molecule has 2 aromatic heterocycles. The quantitative estimate of drug-likeness (QED) is 0.102. The zero-order valence-corrected chi connectivity index (χ0v) is 29.1. The number of H-pyrrole nitrogens is 1. The van der Waals surface area contributed by atoms with E-state index in [-0.39, 0.29) is 26.1 Å². The molecule has 0 atom stereocenters. The van der Waals surface area contributed by atoms with Crippen LogP contribution in [0.4, 0.5) is 26.2 Å². The van der Waals surface area contributed by atoms with Crippen molar-refractivity contribution in [2.75, 3.05) is 64.1 Å². The summed E-state index contributed by atoms with van der Waals surface area (Å²) in [5.41, 5.74) is 0.381. The Morgan fingerprint density at radius 3 is 2.50 bits per heavy atom. The van der Waals surface area contributed by atoms with Gasteiger partial charge in [-0.1, -0.05) is 19.1 Å². The summed E-state index contributed by atoms with van der Waals surface area (Å²) < 4.78 is 62.2. The molecule has 0 unspecified atom stereocenters. The fraction of sp³-hybridized carbons (Fsp3) is 0.375. The van der Waals surface area contributed by atoms with E-state index in [1.807, 2.05) is 21.0 Å². The Morgan fingerprint density at radius 1 is 1.08 bits per heavy atom. The van der Waals surface area contributed by atoms with Crippen molar-refractivity contribution in [3.8, 4) is 11.8 Å². The predicted octanol–water partition coefficient (Wildman–Crippen LogP) is 4.90. The standard InChI is InChI=1S/C32H39F2N9O3S2/c1-6-14-43(16-13-36-12-15-42(3)4)31-29(46-5)30(37-27-17-21(2)40-41-27)38-32(39-31)47-26-11-10-24(18-25(26)33)48(44,45)20-23-9-7-8-22(19-35)28(23)34/h7-11,17-18,36H,6,12-16,20H2,1-5H3,(H2,37,38,39,40,41). The van der Waals surface area contributed by atoms with Crippen LogP contribution >= 0.6 is 11.8 Å². The summed E-state index contributed by atoms with van der Waals surface area (Å²) in [6, 6.07) is 10.9. The number of hydrogen-bond donors (Lipinski definition) is 3. The van der Waals surface area contributed by atoms with E-state index in [2.05, 4.69) is 42.5 Å². The number of ether oxygens (including phenoxy) is 1. The zero-order chi connectivity index (χ0) is 34.8. The van der Waals surface area contributed by atoms with Crippen LogP contribution in [0.1, 0.15) is 30.2 Å². The monoisotopic (exact) mass is 699 g/mol. The van der Waals surface area contributed by atoms with Crippen LogP contribution in [0.25, 0.3) is 0 Å². The number of sulfone groups is 1. The number of aryl methyl sites for hydroxylation is 1. The van der Waals surface area contributed by atoms with Gasteiger partial charge in [-0.2, -0.15) is 10.4 Å². The van der Waals surface area contributed by atoms with Crippen LogP contribution in [-0.2, 0) is 15.6 Å². The fourth-order valence-electron chi connectivity index (χ4n) is 4.71. The van der Waals surface area contributed by atoms with E-state index in [9.17, 15) is 12.8 Å². The van der Waals surface area contributed by atoms with Crippen molar-refractivity contribution in [2.45, 2.75) is 41.0 Å². The third kappa shape index (κ3) is 9.41. The first-order valence-corrected chi connectivity index (χ1v) is 17.7. The Bertz CT molecular complexity index is 1860. The second-order valence-corrected chi connectivity index (χ2v) is 14.2. The number of aromatic nitrogens is 4. The van der Waals surface area contributed by atoms with Gasteiger partial charge >= 0.3 is 0 Å². The van der Waals surface area contributed by atoms with Crippen LogP contribution in [0, 0.1) is 29.9 Å².